The van der Waals surface area contributed by atoms with Gasteiger partial charge in [-0.3, -0.25) is 9.79 Å². The number of benzene rings is 1. The van der Waals surface area contributed by atoms with E-state index in [1.54, 1.807) is 0 Å². The number of morpholine rings is 1. The van der Waals surface area contributed by atoms with Gasteiger partial charge in [0.05, 0.1) is 13.2 Å². The van der Waals surface area contributed by atoms with Crippen LogP contribution < -0.4 is 10.2 Å². The van der Waals surface area contributed by atoms with E-state index in [9.17, 15) is 4.79 Å². The zero-order chi connectivity index (χ0) is 20.8. The van der Waals surface area contributed by atoms with E-state index in [1.807, 2.05) is 11.9 Å². The Morgan fingerprint density at radius 3 is 2.32 bits per heavy atom. The van der Waals surface area contributed by atoms with Gasteiger partial charge in [-0.1, -0.05) is 12.1 Å². The summed E-state index contributed by atoms with van der Waals surface area (Å²) in [4.78, 5) is 23.5. The Labute approximate surface area is 202 Å². The molecule has 31 heavy (non-hydrogen) atoms. The number of amides is 1. The molecule has 9 heteroatoms. The minimum atomic E-state index is -0.227. The van der Waals surface area contributed by atoms with Crippen LogP contribution in [0.5, 0.6) is 0 Å². The summed E-state index contributed by atoms with van der Waals surface area (Å²) in [5.74, 6) is 1.03. The van der Waals surface area contributed by atoms with Crippen LogP contribution in [-0.4, -0.2) is 93.9 Å². The summed E-state index contributed by atoms with van der Waals surface area (Å²) >= 11 is 0. The summed E-state index contributed by atoms with van der Waals surface area (Å²) in [6.45, 7) is 7.94. The third-order valence-electron chi connectivity index (χ3n) is 6.07. The van der Waals surface area contributed by atoms with Gasteiger partial charge < -0.3 is 29.5 Å². The molecule has 3 fully saturated rings. The van der Waals surface area contributed by atoms with Gasteiger partial charge in [0.1, 0.15) is 6.10 Å². The maximum atomic E-state index is 12.5. The summed E-state index contributed by atoms with van der Waals surface area (Å²) < 4.78 is 11.0. The lowest BCUT2D eigenvalue weighted by Crippen LogP contribution is -2.55. The highest BCUT2D eigenvalue weighted by Crippen LogP contribution is 2.17. The van der Waals surface area contributed by atoms with Crippen molar-refractivity contribution in [3.05, 3.63) is 29.8 Å². The molecule has 1 aromatic rings. The minimum absolute atomic E-state index is 0. The molecule has 0 saturated carbocycles. The molecular formula is C22H34IN5O3. The van der Waals surface area contributed by atoms with Crippen LogP contribution in [0.25, 0.3) is 0 Å². The molecule has 172 valence electrons. The van der Waals surface area contributed by atoms with Gasteiger partial charge in [0.15, 0.2) is 5.96 Å². The number of aliphatic imine (C=N–C) groups is 1. The SMILES string of the molecule is CN=C(NCc1ccc(N2CCOCC2)cc1)N1CCN(C(=O)C2CCCO2)CC1.I. The first-order valence-corrected chi connectivity index (χ1v) is 11.0. The van der Waals surface area contributed by atoms with E-state index in [-0.39, 0.29) is 36.0 Å². The fourth-order valence-corrected chi connectivity index (χ4v) is 4.27. The Hall–Kier alpha value is -1.59. The zero-order valence-electron chi connectivity index (χ0n) is 18.3. The monoisotopic (exact) mass is 543 g/mol. The summed E-state index contributed by atoms with van der Waals surface area (Å²) in [5, 5.41) is 3.47. The zero-order valence-corrected chi connectivity index (χ0v) is 20.6. The maximum Gasteiger partial charge on any atom is 0.251 e. The number of nitrogens with zero attached hydrogens (tertiary/aromatic N) is 4. The summed E-state index contributed by atoms with van der Waals surface area (Å²) in [6, 6.07) is 8.70. The number of halogens is 1. The number of carbonyl (C=O) groups is 1. The van der Waals surface area contributed by atoms with Gasteiger partial charge >= 0.3 is 0 Å². The van der Waals surface area contributed by atoms with Crippen molar-refractivity contribution in [2.24, 2.45) is 4.99 Å². The molecule has 1 atom stereocenters. The van der Waals surface area contributed by atoms with Gasteiger partial charge in [0, 0.05) is 65.2 Å². The molecule has 3 aliphatic heterocycles. The topological polar surface area (TPSA) is 69.6 Å². The van der Waals surface area contributed by atoms with Crippen molar-refractivity contribution in [3.63, 3.8) is 0 Å². The fraction of sp³-hybridized carbons (Fsp3) is 0.636. The molecular weight excluding hydrogens is 509 g/mol. The number of ether oxygens (including phenoxy) is 2. The third kappa shape index (κ3) is 6.23. The lowest BCUT2D eigenvalue weighted by atomic mass is 10.2. The second-order valence-electron chi connectivity index (χ2n) is 7.98. The van der Waals surface area contributed by atoms with Crippen LogP contribution >= 0.6 is 24.0 Å². The molecule has 3 heterocycles. The van der Waals surface area contributed by atoms with Crippen molar-refractivity contribution in [1.82, 2.24) is 15.1 Å². The average Bonchev–Trinajstić information content (AvgIpc) is 3.35. The van der Waals surface area contributed by atoms with E-state index in [4.69, 9.17) is 9.47 Å². The predicted molar refractivity (Wildman–Crippen MR) is 132 cm³/mol. The molecule has 0 bridgehead atoms. The van der Waals surface area contributed by atoms with Gasteiger partial charge in [-0.05, 0) is 30.5 Å². The number of hydrogen-bond acceptors (Lipinski definition) is 5. The van der Waals surface area contributed by atoms with Crippen molar-refractivity contribution in [3.8, 4) is 0 Å². The smallest absolute Gasteiger partial charge is 0.251 e. The van der Waals surface area contributed by atoms with E-state index < -0.39 is 0 Å². The molecule has 1 amide bonds. The highest BCUT2D eigenvalue weighted by atomic mass is 127. The van der Waals surface area contributed by atoms with Gasteiger partial charge in [-0.25, -0.2) is 0 Å². The number of carbonyl (C=O) groups excluding carboxylic acids is 1. The number of rotatable bonds is 4. The molecule has 1 aromatic carbocycles. The van der Waals surface area contributed by atoms with Gasteiger partial charge in [-0.2, -0.15) is 0 Å². The first-order valence-electron chi connectivity index (χ1n) is 11.0. The summed E-state index contributed by atoms with van der Waals surface area (Å²) in [7, 11) is 1.81. The van der Waals surface area contributed by atoms with Gasteiger partial charge in [0.2, 0.25) is 0 Å². The lowest BCUT2D eigenvalue weighted by molar-refractivity contribution is -0.142. The molecule has 1 unspecified atom stereocenters. The van der Waals surface area contributed by atoms with Crippen LogP contribution in [0.1, 0.15) is 18.4 Å². The first kappa shape index (κ1) is 24.1. The van der Waals surface area contributed by atoms with Crippen LogP contribution in [0.3, 0.4) is 0 Å². The molecule has 3 aliphatic rings. The van der Waals surface area contributed by atoms with E-state index in [0.29, 0.717) is 19.7 Å². The second-order valence-corrected chi connectivity index (χ2v) is 7.98. The lowest BCUT2D eigenvalue weighted by Gasteiger charge is -2.37. The Kier molecular flexibility index (Phi) is 9.21. The van der Waals surface area contributed by atoms with Crippen molar-refractivity contribution < 1.29 is 14.3 Å². The molecule has 0 aliphatic carbocycles. The Bertz CT molecular complexity index is 725. The van der Waals surface area contributed by atoms with E-state index >= 15 is 0 Å². The highest BCUT2D eigenvalue weighted by Gasteiger charge is 2.30. The van der Waals surface area contributed by atoms with Gasteiger partial charge in [-0.15, -0.1) is 24.0 Å². The number of nitrogens with one attached hydrogen (secondary N) is 1. The minimum Gasteiger partial charge on any atom is -0.378 e. The number of guanidine groups is 1. The van der Waals surface area contributed by atoms with E-state index in [1.165, 1.54) is 11.3 Å². The summed E-state index contributed by atoms with van der Waals surface area (Å²) in [5.41, 5.74) is 2.47. The van der Waals surface area contributed by atoms with Crippen molar-refractivity contribution >= 4 is 41.5 Å². The number of anilines is 1. The van der Waals surface area contributed by atoms with Crippen LogP contribution in [0.15, 0.2) is 29.3 Å². The number of hydrogen-bond donors (Lipinski definition) is 1. The Morgan fingerprint density at radius 1 is 1.03 bits per heavy atom. The van der Waals surface area contributed by atoms with Crippen molar-refractivity contribution in [2.45, 2.75) is 25.5 Å². The molecule has 0 spiro atoms. The average molecular weight is 543 g/mol. The Balaban J connectivity index is 0.00000272. The van der Waals surface area contributed by atoms with Crippen LogP contribution in [-0.2, 0) is 20.8 Å². The largest absolute Gasteiger partial charge is 0.378 e. The van der Waals surface area contributed by atoms with E-state index in [2.05, 4.69) is 44.4 Å². The maximum absolute atomic E-state index is 12.5. The second kappa shape index (κ2) is 11.9. The molecule has 4 rings (SSSR count). The molecule has 1 N–H and O–H groups in total. The molecule has 0 radical (unpaired) electrons. The highest BCUT2D eigenvalue weighted by molar-refractivity contribution is 14.0. The van der Waals surface area contributed by atoms with Crippen LogP contribution in [0.2, 0.25) is 0 Å². The molecule has 0 aromatic heterocycles. The number of piperazine rings is 1. The molecule has 8 nitrogen and oxygen atoms in total. The van der Waals surface area contributed by atoms with Crippen molar-refractivity contribution in [2.75, 3.05) is 71.0 Å². The van der Waals surface area contributed by atoms with Crippen molar-refractivity contribution in [1.29, 1.82) is 0 Å². The van der Waals surface area contributed by atoms with Crippen LogP contribution in [0.4, 0.5) is 5.69 Å². The first-order chi connectivity index (χ1) is 14.7. The Morgan fingerprint density at radius 2 is 1.71 bits per heavy atom. The fourth-order valence-electron chi connectivity index (χ4n) is 4.27. The summed E-state index contributed by atoms with van der Waals surface area (Å²) in [6.07, 6.45) is 1.61. The third-order valence-corrected chi connectivity index (χ3v) is 6.07. The molecule has 3 saturated heterocycles. The predicted octanol–water partition coefficient (Wildman–Crippen LogP) is 1.54. The normalized spacial score (nSPS) is 22.3. The van der Waals surface area contributed by atoms with E-state index in [0.717, 1.165) is 64.7 Å². The standard InChI is InChI=1S/C22H33N5O3.HI/c1-23-22(27-10-8-26(9-11-27)21(28)20-3-2-14-30-20)24-17-18-4-6-19(7-5-18)25-12-15-29-16-13-25;/h4-7,20H,2-3,8-17H2,1H3,(H,23,24);1H. The quantitative estimate of drug-likeness (QED) is 0.353. The van der Waals surface area contributed by atoms with Gasteiger partial charge in [0.25, 0.3) is 5.91 Å². The van der Waals surface area contributed by atoms with Crippen LogP contribution in [0, 0.1) is 0 Å².